The molecule has 1 saturated heterocycles. The summed E-state index contributed by atoms with van der Waals surface area (Å²) in [7, 11) is 0. The Kier molecular flexibility index (Phi) is 4.41. The van der Waals surface area contributed by atoms with Crippen LogP contribution in [0.1, 0.15) is 12.5 Å². The van der Waals surface area contributed by atoms with E-state index in [9.17, 15) is 18.0 Å². The Labute approximate surface area is 120 Å². The molecule has 7 heteroatoms. The summed E-state index contributed by atoms with van der Waals surface area (Å²) in [6, 6.07) is 5.75. The second-order valence-corrected chi connectivity index (χ2v) is 5.31. The Morgan fingerprint density at radius 2 is 2.14 bits per heavy atom. The Morgan fingerprint density at radius 1 is 1.43 bits per heavy atom. The summed E-state index contributed by atoms with van der Waals surface area (Å²) in [4.78, 5) is 13.0. The minimum absolute atomic E-state index is 0.0251. The number of carboxylic acid groups (broad SMARTS) is 1. The van der Waals surface area contributed by atoms with E-state index in [1.54, 1.807) is 6.07 Å². The Balaban J connectivity index is 2.01. The number of aliphatic carboxylic acids is 1. The Morgan fingerprint density at radius 3 is 2.71 bits per heavy atom. The maximum atomic E-state index is 12.2. The highest BCUT2D eigenvalue weighted by molar-refractivity contribution is 5.71. The molecule has 116 valence electrons. The van der Waals surface area contributed by atoms with Crippen LogP contribution in [0.2, 0.25) is 0 Å². The van der Waals surface area contributed by atoms with Crippen molar-refractivity contribution in [3.05, 3.63) is 29.8 Å². The average molecular weight is 303 g/mol. The largest absolute Gasteiger partial charge is 0.573 e. The lowest BCUT2D eigenvalue weighted by Gasteiger charge is -2.16. The summed E-state index contributed by atoms with van der Waals surface area (Å²) in [5.41, 5.74) is 0.662. The highest BCUT2D eigenvalue weighted by Crippen LogP contribution is 2.27. The number of carbonyl (C=O) groups is 1. The number of hydrogen-bond donors (Lipinski definition) is 1. The molecule has 0 bridgehead atoms. The molecule has 0 amide bonds. The molecular formula is C14H16F3NO3. The average Bonchev–Trinajstić information content (AvgIpc) is 2.68. The van der Waals surface area contributed by atoms with E-state index in [2.05, 4.69) is 4.74 Å². The molecule has 1 aromatic carbocycles. The fourth-order valence-electron chi connectivity index (χ4n) is 2.62. The second kappa shape index (κ2) is 5.93. The van der Waals surface area contributed by atoms with Crippen molar-refractivity contribution in [2.45, 2.75) is 19.8 Å². The first kappa shape index (κ1) is 15.6. The molecule has 0 aliphatic carbocycles. The van der Waals surface area contributed by atoms with E-state index in [0.717, 1.165) is 0 Å². The van der Waals surface area contributed by atoms with Gasteiger partial charge in [-0.1, -0.05) is 19.1 Å². The van der Waals surface area contributed by atoms with Crippen LogP contribution in [-0.4, -0.2) is 35.4 Å². The number of ether oxygens (including phenoxy) is 1. The quantitative estimate of drug-likeness (QED) is 0.929. The lowest BCUT2D eigenvalue weighted by molar-refractivity contribution is -0.274. The van der Waals surface area contributed by atoms with Gasteiger partial charge in [-0.15, -0.1) is 13.2 Å². The summed E-state index contributed by atoms with van der Waals surface area (Å²) in [5, 5.41) is 9.07. The van der Waals surface area contributed by atoms with E-state index >= 15 is 0 Å². The van der Waals surface area contributed by atoms with Gasteiger partial charge in [0.05, 0.1) is 5.92 Å². The lowest BCUT2D eigenvalue weighted by Crippen LogP contribution is -2.23. The van der Waals surface area contributed by atoms with E-state index in [1.165, 1.54) is 18.2 Å². The molecule has 1 aliphatic rings. The van der Waals surface area contributed by atoms with Gasteiger partial charge in [-0.05, 0) is 23.6 Å². The third-order valence-corrected chi connectivity index (χ3v) is 3.54. The normalized spacial score (nSPS) is 23.2. The van der Waals surface area contributed by atoms with E-state index in [4.69, 9.17) is 5.11 Å². The van der Waals surface area contributed by atoms with Crippen LogP contribution in [0.5, 0.6) is 5.75 Å². The van der Waals surface area contributed by atoms with Crippen LogP contribution < -0.4 is 4.74 Å². The maximum absolute atomic E-state index is 12.2. The Bertz CT molecular complexity index is 518. The predicted octanol–water partition coefficient (Wildman–Crippen LogP) is 2.74. The highest BCUT2D eigenvalue weighted by atomic mass is 19.4. The zero-order valence-electron chi connectivity index (χ0n) is 11.4. The lowest BCUT2D eigenvalue weighted by atomic mass is 9.99. The summed E-state index contributed by atoms with van der Waals surface area (Å²) in [5.74, 6) is -1.50. The second-order valence-electron chi connectivity index (χ2n) is 5.31. The van der Waals surface area contributed by atoms with Gasteiger partial charge < -0.3 is 9.84 Å². The van der Waals surface area contributed by atoms with Gasteiger partial charge in [0, 0.05) is 19.6 Å². The maximum Gasteiger partial charge on any atom is 0.573 e. The fourth-order valence-corrected chi connectivity index (χ4v) is 2.62. The van der Waals surface area contributed by atoms with Gasteiger partial charge in [0.15, 0.2) is 0 Å². The first-order valence-electron chi connectivity index (χ1n) is 6.54. The SMILES string of the molecule is C[C@@H]1CN(Cc2cccc(OC(F)(F)F)c2)C[C@H]1C(=O)O. The van der Waals surface area contributed by atoms with Gasteiger partial charge in [-0.2, -0.15) is 0 Å². The van der Waals surface area contributed by atoms with E-state index < -0.39 is 18.2 Å². The van der Waals surface area contributed by atoms with Gasteiger partial charge >= 0.3 is 12.3 Å². The van der Waals surface area contributed by atoms with Crippen molar-refractivity contribution in [3.8, 4) is 5.75 Å². The minimum Gasteiger partial charge on any atom is -0.481 e. The third-order valence-electron chi connectivity index (χ3n) is 3.54. The van der Waals surface area contributed by atoms with E-state index in [1.807, 2.05) is 11.8 Å². The van der Waals surface area contributed by atoms with Crippen LogP contribution in [0, 0.1) is 11.8 Å². The smallest absolute Gasteiger partial charge is 0.481 e. The molecular weight excluding hydrogens is 287 g/mol. The van der Waals surface area contributed by atoms with Gasteiger partial charge in [0.2, 0.25) is 0 Å². The molecule has 2 rings (SSSR count). The highest BCUT2D eigenvalue weighted by Gasteiger charge is 2.34. The van der Waals surface area contributed by atoms with Crippen molar-refractivity contribution >= 4 is 5.97 Å². The van der Waals surface area contributed by atoms with Crippen molar-refractivity contribution in [3.63, 3.8) is 0 Å². The third kappa shape index (κ3) is 4.35. The van der Waals surface area contributed by atoms with Gasteiger partial charge in [0.25, 0.3) is 0 Å². The number of benzene rings is 1. The predicted molar refractivity (Wildman–Crippen MR) is 68.7 cm³/mol. The number of halogens is 3. The monoisotopic (exact) mass is 303 g/mol. The van der Waals surface area contributed by atoms with Crippen LogP contribution in [0.15, 0.2) is 24.3 Å². The molecule has 1 heterocycles. The van der Waals surface area contributed by atoms with Crippen molar-refractivity contribution in [2.75, 3.05) is 13.1 Å². The number of likely N-dealkylation sites (tertiary alicyclic amines) is 1. The molecule has 21 heavy (non-hydrogen) atoms. The first-order chi connectivity index (χ1) is 9.74. The van der Waals surface area contributed by atoms with Crippen LogP contribution in [-0.2, 0) is 11.3 Å². The van der Waals surface area contributed by atoms with Gasteiger partial charge in [-0.25, -0.2) is 0 Å². The Hall–Kier alpha value is -1.76. The number of carboxylic acids is 1. The van der Waals surface area contributed by atoms with Gasteiger partial charge in [-0.3, -0.25) is 9.69 Å². The molecule has 4 nitrogen and oxygen atoms in total. The summed E-state index contributed by atoms with van der Waals surface area (Å²) in [6.45, 7) is 3.29. The van der Waals surface area contributed by atoms with Crippen molar-refractivity contribution < 1.29 is 27.8 Å². The molecule has 0 radical (unpaired) electrons. The fraction of sp³-hybridized carbons (Fsp3) is 0.500. The van der Waals surface area contributed by atoms with Crippen LogP contribution in [0.25, 0.3) is 0 Å². The summed E-state index contributed by atoms with van der Waals surface area (Å²) >= 11 is 0. The van der Waals surface area contributed by atoms with Crippen LogP contribution in [0.4, 0.5) is 13.2 Å². The molecule has 2 atom stereocenters. The topological polar surface area (TPSA) is 49.8 Å². The van der Waals surface area contributed by atoms with E-state index in [-0.39, 0.29) is 11.7 Å². The number of nitrogens with zero attached hydrogens (tertiary/aromatic N) is 1. The van der Waals surface area contributed by atoms with E-state index in [0.29, 0.717) is 25.2 Å². The minimum atomic E-state index is -4.71. The molecule has 0 saturated carbocycles. The standard InChI is InChI=1S/C14H16F3NO3/c1-9-6-18(8-12(9)13(19)20)7-10-3-2-4-11(5-10)21-14(15,16)17/h2-5,9,12H,6-8H2,1H3,(H,19,20)/t9-,12-/m1/s1. The molecule has 0 unspecified atom stereocenters. The number of rotatable bonds is 4. The molecule has 1 aliphatic heterocycles. The molecule has 1 N–H and O–H groups in total. The summed E-state index contributed by atoms with van der Waals surface area (Å²) < 4.78 is 40.4. The van der Waals surface area contributed by atoms with Crippen molar-refractivity contribution in [2.24, 2.45) is 11.8 Å². The van der Waals surface area contributed by atoms with Crippen molar-refractivity contribution in [1.29, 1.82) is 0 Å². The zero-order chi connectivity index (χ0) is 15.6. The summed E-state index contributed by atoms with van der Waals surface area (Å²) in [6.07, 6.45) is -4.71. The zero-order valence-corrected chi connectivity index (χ0v) is 11.4. The first-order valence-corrected chi connectivity index (χ1v) is 6.54. The van der Waals surface area contributed by atoms with Crippen molar-refractivity contribution in [1.82, 2.24) is 4.90 Å². The number of alkyl halides is 3. The molecule has 1 fully saturated rings. The number of hydrogen-bond acceptors (Lipinski definition) is 3. The molecule has 1 aromatic rings. The van der Waals surface area contributed by atoms with Crippen LogP contribution >= 0.6 is 0 Å². The van der Waals surface area contributed by atoms with Gasteiger partial charge in [0.1, 0.15) is 5.75 Å². The molecule has 0 spiro atoms. The molecule has 0 aromatic heterocycles. The van der Waals surface area contributed by atoms with Crippen LogP contribution in [0.3, 0.4) is 0 Å².